The molecule has 6 heteroatoms. The molecule has 1 amide bonds. The van der Waals surface area contributed by atoms with E-state index in [0.29, 0.717) is 10.6 Å². The maximum absolute atomic E-state index is 11.9. The number of aldehydes is 1. The summed E-state index contributed by atoms with van der Waals surface area (Å²) in [6.07, 6.45) is 0.472. The van der Waals surface area contributed by atoms with Gasteiger partial charge in [-0.3, -0.25) is 4.79 Å². The minimum absolute atomic E-state index is 0.00604. The molecule has 0 heterocycles. The molecule has 0 aliphatic rings. The van der Waals surface area contributed by atoms with E-state index in [1.807, 2.05) is 24.3 Å². The second-order valence-corrected chi connectivity index (χ2v) is 5.06. The first-order valence-corrected chi connectivity index (χ1v) is 7.16. The number of carbonyl (C=O) groups excluding carboxylic acids is 2. The van der Waals surface area contributed by atoms with Crippen LogP contribution in [0.15, 0.2) is 42.5 Å². The zero-order chi connectivity index (χ0) is 14.5. The van der Waals surface area contributed by atoms with Crippen molar-refractivity contribution in [1.29, 1.82) is 0 Å². The van der Waals surface area contributed by atoms with E-state index in [9.17, 15) is 18.0 Å². The normalized spacial score (nSPS) is 10.7. The Hall–Kier alpha value is -2.21. The number of rotatable bonds is 5. The summed E-state index contributed by atoms with van der Waals surface area (Å²) >= 11 is 0. The van der Waals surface area contributed by atoms with Crippen LogP contribution in [0.3, 0.4) is 0 Å². The first kappa shape index (κ1) is 14.2. The summed E-state index contributed by atoms with van der Waals surface area (Å²) in [7, 11) is -3.08. The number of anilines is 1. The smallest absolute Gasteiger partial charge is 0.240 e. The van der Waals surface area contributed by atoms with Crippen molar-refractivity contribution in [2.75, 3.05) is 4.31 Å². The molecule has 2 rings (SSSR count). The second kappa shape index (κ2) is 6.29. The van der Waals surface area contributed by atoms with Crippen LogP contribution in [0.1, 0.15) is 12.8 Å². The lowest BCUT2D eigenvalue weighted by Gasteiger charge is -2.15. The molecule has 2 aromatic rings. The van der Waals surface area contributed by atoms with Crippen LogP contribution in [0.25, 0.3) is 10.8 Å². The molecule has 0 radical (unpaired) electrons. The molecule has 0 aliphatic heterocycles. The highest BCUT2D eigenvalue weighted by Crippen LogP contribution is 2.23. The zero-order valence-electron chi connectivity index (χ0n) is 10.6. The predicted octanol–water partition coefficient (Wildman–Crippen LogP) is 1.68. The first-order chi connectivity index (χ1) is 9.63. The summed E-state index contributed by atoms with van der Waals surface area (Å²) in [5.41, 5.74) is 0.288. The Kier molecular flexibility index (Phi) is 4.47. The van der Waals surface area contributed by atoms with Gasteiger partial charge in [0.1, 0.15) is 6.29 Å². The highest BCUT2D eigenvalue weighted by Gasteiger charge is 2.17. The molecule has 104 valence electrons. The number of nitrogens with zero attached hydrogens (tertiary/aromatic N) is 1. The minimum atomic E-state index is -3.08. The summed E-state index contributed by atoms with van der Waals surface area (Å²) in [4.78, 5) is 22.2. The van der Waals surface area contributed by atoms with E-state index in [4.69, 9.17) is 0 Å². The predicted molar refractivity (Wildman–Crippen MR) is 77.0 cm³/mol. The molecule has 0 aliphatic carbocycles. The van der Waals surface area contributed by atoms with Crippen LogP contribution in [0.5, 0.6) is 0 Å². The van der Waals surface area contributed by atoms with E-state index < -0.39 is 16.8 Å². The SMILES string of the molecule is O=CCCC(=O)N(c1ccc2ccccc2c1)[SH](=O)=O. The molecule has 0 bridgehead atoms. The zero-order valence-corrected chi connectivity index (χ0v) is 11.5. The lowest BCUT2D eigenvalue weighted by Crippen LogP contribution is -2.29. The number of carbonyl (C=O) groups is 2. The number of fused-ring (bicyclic) bond motifs is 1. The highest BCUT2D eigenvalue weighted by molar-refractivity contribution is 7.75. The molecular formula is C14H13NO4S. The van der Waals surface area contributed by atoms with Crippen LogP contribution in [-0.4, -0.2) is 20.6 Å². The fraction of sp³-hybridized carbons (Fsp3) is 0.143. The number of thiol groups is 1. The molecule has 5 nitrogen and oxygen atoms in total. The molecule has 0 unspecified atom stereocenters. The number of hydrogen-bond acceptors (Lipinski definition) is 4. The number of hydrogen-bond donors (Lipinski definition) is 1. The van der Waals surface area contributed by atoms with Crippen LogP contribution < -0.4 is 4.31 Å². The largest absolute Gasteiger partial charge is 0.303 e. The monoisotopic (exact) mass is 291 g/mol. The molecular weight excluding hydrogens is 278 g/mol. The third-order valence-corrected chi connectivity index (χ3v) is 3.63. The van der Waals surface area contributed by atoms with Crippen molar-refractivity contribution in [3.63, 3.8) is 0 Å². The van der Waals surface area contributed by atoms with Crippen molar-refractivity contribution in [3.8, 4) is 0 Å². The lowest BCUT2D eigenvalue weighted by atomic mass is 10.1. The third-order valence-electron chi connectivity index (χ3n) is 2.85. The van der Waals surface area contributed by atoms with Gasteiger partial charge < -0.3 is 4.79 Å². The van der Waals surface area contributed by atoms with E-state index >= 15 is 0 Å². The maximum atomic E-state index is 11.9. The van der Waals surface area contributed by atoms with E-state index in [1.54, 1.807) is 18.2 Å². The van der Waals surface area contributed by atoms with Crippen LogP contribution in [0.2, 0.25) is 0 Å². The second-order valence-electron chi connectivity index (χ2n) is 4.18. The van der Waals surface area contributed by atoms with Crippen molar-refractivity contribution >= 4 is 39.5 Å². The maximum Gasteiger partial charge on any atom is 0.240 e. The van der Waals surface area contributed by atoms with E-state index in [2.05, 4.69) is 0 Å². The minimum Gasteiger partial charge on any atom is -0.303 e. The Labute approximate surface area is 117 Å². The summed E-state index contributed by atoms with van der Waals surface area (Å²) in [5, 5.41) is 1.80. The van der Waals surface area contributed by atoms with Crippen LogP contribution in [0, 0.1) is 0 Å². The summed E-state index contributed by atoms with van der Waals surface area (Å²) in [6, 6.07) is 12.4. The van der Waals surface area contributed by atoms with Gasteiger partial charge in [-0.1, -0.05) is 30.3 Å². The van der Waals surface area contributed by atoms with Crippen LogP contribution in [0.4, 0.5) is 5.69 Å². The fourth-order valence-corrected chi connectivity index (χ4v) is 2.52. The van der Waals surface area contributed by atoms with Gasteiger partial charge in [-0.15, -0.1) is 0 Å². The first-order valence-electron chi connectivity index (χ1n) is 6.03. The van der Waals surface area contributed by atoms with Crippen molar-refractivity contribution < 1.29 is 18.0 Å². The summed E-state index contributed by atoms with van der Waals surface area (Å²) in [5.74, 6) is -0.608. The molecule has 0 saturated carbocycles. The fourth-order valence-electron chi connectivity index (χ4n) is 1.93. The van der Waals surface area contributed by atoms with Gasteiger partial charge in [0.25, 0.3) is 0 Å². The van der Waals surface area contributed by atoms with Gasteiger partial charge in [0.05, 0.1) is 5.69 Å². The van der Waals surface area contributed by atoms with E-state index in [0.717, 1.165) is 10.8 Å². The van der Waals surface area contributed by atoms with Gasteiger partial charge in [-0.2, -0.15) is 0 Å². The van der Waals surface area contributed by atoms with E-state index in [1.165, 1.54) is 0 Å². The Morgan fingerprint density at radius 1 is 1.10 bits per heavy atom. The molecule has 0 N–H and O–H groups in total. The molecule has 0 spiro atoms. The van der Waals surface area contributed by atoms with Crippen LogP contribution >= 0.6 is 0 Å². The Morgan fingerprint density at radius 2 is 1.80 bits per heavy atom. The standard InChI is InChI=1S/C14H13NO4S/c16-9-3-6-14(17)15(20(18)19)13-8-7-11-4-1-2-5-12(11)10-13/h1-2,4-5,7-10,20H,3,6H2. The van der Waals surface area contributed by atoms with Gasteiger partial charge >= 0.3 is 0 Å². The van der Waals surface area contributed by atoms with Crippen molar-refractivity contribution in [2.24, 2.45) is 0 Å². The molecule has 0 saturated heterocycles. The Bertz CT molecular complexity index is 716. The van der Waals surface area contributed by atoms with Gasteiger partial charge in [0.15, 0.2) is 0 Å². The Morgan fingerprint density at radius 3 is 2.45 bits per heavy atom. The molecule has 0 fully saturated rings. The third kappa shape index (κ3) is 3.03. The van der Waals surface area contributed by atoms with Gasteiger partial charge in [-0.25, -0.2) is 12.7 Å². The van der Waals surface area contributed by atoms with Crippen molar-refractivity contribution in [1.82, 2.24) is 0 Å². The molecule has 20 heavy (non-hydrogen) atoms. The molecule has 0 atom stereocenters. The molecule has 2 aromatic carbocycles. The topological polar surface area (TPSA) is 71.5 Å². The highest BCUT2D eigenvalue weighted by atomic mass is 32.2. The lowest BCUT2D eigenvalue weighted by molar-refractivity contribution is -0.119. The number of benzene rings is 2. The van der Waals surface area contributed by atoms with E-state index in [-0.39, 0.29) is 18.5 Å². The Balaban J connectivity index is 2.41. The average Bonchev–Trinajstić information content (AvgIpc) is 2.44. The molecule has 0 aromatic heterocycles. The van der Waals surface area contributed by atoms with Gasteiger partial charge in [0.2, 0.25) is 16.8 Å². The van der Waals surface area contributed by atoms with Gasteiger partial charge in [0, 0.05) is 12.8 Å². The average molecular weight is 291 g/mol. The summed E-state index contributed by atoms with van der Waals surface area (Å²) < 4.78 is 23.3. The number of amides is 1. The van der Waals surface area contributed by atoms with Crippen LogP contribution in [-0.2, 0) is 20.5 Å². The quantitative estimate of drug-likeness (QED) is 0.672. The van der Waals surface area contributed by atoms with Crippen molar-refractivity contribution in [2.45, 2.75) is 12.8 Å². The van der Waals surface area contributed by atoms with Gasteiger partial charge in [-0.05, 0) is 22.9 Å². The van der Waals surface area contributed by atoms with Crippen molar-refractivity contribution in [3.05, 3.63) is 42.5 Å². The summed E-state index contributed by atoms with van der Waals surface area (Å²) in [6.45, 7) is 0.